The second-order valence-electron chi connectivity index (χ2n) is 33.4. The Kier molecular flexibility index (Phi) is 37.5. The molecule has 3 aliphatic heterocycles. The van der Waals surface area contributed by atoms with Crippen molar-refractivity contribution in [3.05, 3.63) is 120 Å². The minimum Gasteiger partial charge on any atom is -0.508 e. The number of H-pyrrole nitrogens is 3. The van der Waals surface area contributed by atoms with E-state index < -0.39 is 254 Å². The van der Waals surface area contributed by atoms with Crippen LogP contribution >= 0.6 is 11.8 Å². The van der Waals surface area contributed by atoms with E-state index >= 15 is 33.6 Å². The number of imidazole rings is 1. The van der Waals surface area contributed by atoms with E-state index in [2.05, 4.69) is 73.1 Å². The number of primary amides is 2. The number of unbranched alkanes of at least 4 members (excludes halogenated alkanes) is 2. The molecule has 17 amide bonds. The summed E-state index contributed by atoms with van der Waals surface area (Å²) in [5, 5.41) is 59.1. The maximum absolute atomic E-state index is 15.7. The lowest BCUT2D eigenvalue weighted by Crippen LogP contribution is -2.61. The topological polar surface area (TPSA) is 643 Å². The van der Waals surface area contributed by atoms with E-state index in [9.17, 15) is 68.1 Å². The zero-order chi connectivity index (χ0) is 96.3. The predicted octanol–water partition coefficient (Wildman–Crippen LogP) is -3.00. The summed E-state index contributed by atoms with van der Waals surface area (Å²) < 4.78 is 0. The van der Waals surface area contributed by atoms with Gasteiger partial charge in [0.25, 0.3) is 0 Å². The van der Waals surface area contributed by atoms with Crippen LogP contribution in [0.25, 0.3) is 21.8 Å². The van der Waals surface area contributed by atoms with E-state index in [1.807, 2.05) is 13.8 Å². The number of nitrogens with two attached hydrogens (primary N) is 3. The number of fused-ring (bicyclic) bond motifs is 4. The Morgan fingerprint density at radius 1 is 0.538 bits per heavy atom. The van der Waals surface area contributed by atoms with Crippen LogP contribution in [-0.2, 0) is 112 Å². The van der Waals surface area contributed by atoms with Gasteiger partial charge < -0.3 is 125 Å². The molecule has 132 heavy (non-hydrogen) atoms. The third-order valence-electron chi connectivity index (χ3n) is 23.7. The van der Waals surface area contributed by atoms with E-state index in [0.29, 0.717) is 64.2 Å². The minimum absolute atomic E-state index is 0.0225. The van der Waals surface area contributed by atoms with E-state index in [1.54, 1.807) is 60.9 Å². The van der Waals surface area contributed by atoms with E-state index in [4.69, 9.17) is 17.2 Å². The number of phenolic OH excluding ortho intramolecular Hbond substituents is 1. The van der Waals surface area contributed by atoms with E-state index in [0.717, 1.165) is 31.4 Å². The molecule has 3 saturated heterocycles. The van der Waals surface area contributed by atoms with Crippen LogP contribution < -0.4 is 70.4 Å². The Labute approximate surface area is 765 Å². The van der Waals surface area contributed by atoms with Gasteiger partial charge in [0, 0.05) is 125 Å². The first-order chi connectivity index (χ1) is 62.9. The fourth-order valence-electron chi connectivity index (χ4n) is 16.2. The van der Waals surface area contributed by atoms with Crippen molar-refractivity contribution in [1.82, 2.24) is 97.6 Å². The highest BCUT2D eigenvalue weighted by atomic mass is 32.2. The molecule has 43 nitrogen and oxygen atoms in total. The van der Waals surface area contributed by atoms with E-state index in [1.165, 1.54) is 76.7 Å². The number of aromatic hydroxyl groups is 1. The van der Waals surface area contributed by atoms with Gasteiger partial charge in [-0.15, -0.1) is 11.8 Å². The first-order valence-corrected chi connectivity index (χ1v) is 45.1. The highest BCUT2D eigenvalue weighted by Gasteiger charge is 2.47. The first kappa shape index (κ1) is 102. The van der Waals surface area contributed by atoms with Gasteiger partial charge in [0.05, 0.1) is 31.1 Å². The molecule has 714 valence electrons. The molecule has 15 atom stereocenters. The average Bonchev–Trinajstić information content (AvgIpc) is 1.20. The molecule has 3 aromatic carbocycles. The molecule has 6 aromatic rings. The van der Waals surface area contributed by atoms with Crippen LogP contribution in [0.5, 0.6) is 5.75 Å². The maximum Gasteiger partial charge on any atom is 0.303 e. The number of rotatable bonds is 24. The quantitative estimate of drug-likeness (QED) is 0.0287. The number of nitrogens with zero attached hydrogens (tertiary/aromatic N) is 6. The molecule has 6 heterocycles. The van der Waals surface area contributed by atoms with Crippen LogP contribution in [0.15, 0.2) is 97.7 Å². The summed E-state index contributed by atoms with van der Waals surface area (Å²) in [5.41, 5.74) is 20.2. The second kappa shape index (κ2) is 48.4. The Balaban J connectivity index is 1.09. The van der Waals surface area contributed by atoms with Crippen LogP contribution in [0.3, 0.4) is 0 Å². The number of carbonyl (C=O) groups is 18. The number of aliphatic carboxylic acids is 1. The highest BCUT2D eigenvalue weighted by molar-refractivity contribution is 8.00. The number of hydrogen-bond donors (Lipinski definition) is 19. The summed E-state index contributed by atoms with van der Waals surface area (Å²) in [5.74, 6) is -18.8. The molecule has 0 radical (unpaired) electrons. The van der Waals surface area contributed by atoms with Gasteiger partial charge in [-0.2, -0.15) is 0 Å². The van der Waals surface area contributed by atoms with Crippen LogP contribution in [-0.4, -0.2) is 316 Å². The Bertz CT molecular complexity index is 5150. The molecular weight excluding hydrogens is 1730 g/mol. The lowest BCUT2D eigenvalue weighted by molar-refractivity contribution is -0.149. The second-order valence-corrected chi connectivity index (χ2v) is 34.4. The number of para-hydroxylation sites is 2. The third-order valence-corrected chi connectivity index (χ3v) is 24.7. The van der Waals surface area contributed by atoms with Gasteiger partial charge in [-0.1, -0.05) is 88.1 Å². The molecule has 0 aliphatic carbocycles. The molecule has 0 saturated carbocycles. The number of phenols is 1. The number of hydrogen-bond acceptors (Lipinski definition) is 23. The van der Waals surface area contributed by atoms with Gasteiger partial charge >= 0.3 is 5.97 Å². The summed E-state index contributed by atoms with van der Waals surface area (Å²) in [7, 11) is 3.93. The largest absolute Gasteiger partial charge is 0.508 e. The monoisotopic (exact) mass is 1850 g/mol. The summed E-state index contributed by atoms with van der Waals surface area (Å²) in [6.45, 7) is 4.55. The molecular formula is C88H120N22O21S. The normalized spacial score (nSPS) is 25.0. The fourth-order valence-corrected chi connectivity index (χ4v) is 17.1. The van der Waals surface area contributed by atoms with E-state index in [-0.39, 0.29) is 75.9 Å². The summed E-state index contributed by atoms with van der Waals surface area (Å²) in [6.07, 6.45) is 1.99. The van der Waals surface area contributed by atoms with Gasteiger partial charge in [0.15, 0.2) is 0 Å². The molecule has 9 rings (SSSR count). The molecule has 22 N–H and O–H groups in total. The zero-order valence-electron chi connectivity index (χ0n) is 74.7. The van der Waals surface area contributed by atoms with Crippen molar-refractivity contribution in [1.29, 1.82) is 0 Å². The molecule has 0 bridgehead atoms. The standard InChI is InChI=1S/C88H120N22O21S/c1-8-10-21-67-81(124)97-47(3)75(118)105-66(77(120)95-42-72(91)114)44-132-45-73(115)98-63(33-49-24-26-53(111)27-25-49)84(127)106(5)48(4)76(119)103-65(38-71(90)113)87(130)109-32-16-23-68(109)82(125)102-62(36-52-41-92-46-96-52)80(123)100-60(28-29-74(116)117)86(129)110-43-54(112)37-70(110)83(126)101-61(34-50-39-93-57-19-14-12-17-55(50)57)79(122)99-59(30-31-89)78(121)104-64(35-51-40-94-58-20-15-13-18-56(51)58)85(128)108(7)69(22-11-9-2)88(131)107(67)6/h12-15,17-20,24-27,39-41,46-48,54,59-70,93-94,111-112H,8-11,16,21-23,28-38,42-45,89H2,1-7H3,(H2,90,113)(H2,91,114)(H,92,96)(H,95,120)(H,97,124)(H,98,115)(H,99,122)(H,100,123)(H,101,126)(H,102,125)(H,103,119)(H,104,121)(H,105,118)(H,116,117)/t47-,48-,54+,59-,60-,61-,62-,63-,64-,65-,66-,67-,68-,69?,70-/m0/s1. The van der Waals surface area contributed by atoms with Crippen LogP contribution in [0.1, 0.15) is 134 Å². The Hall–Kier alpha value is -13.5. The molecule has 3 aromatic heterocycles. The Morgan fingerprint density at radius 3 is 1.68 bits per heavy atom. The number of aliphatic hydroxyl groups is 1. The van der Waals surface area contributed by atoms with Crippen molar-refractivity contribution >= 4 is 140 Å². The van der Waals surface area contributed by atoms with Gasteiger partial charge in [-0.05, 0) is 99.9 Å². The van der Waals surface area contributed by atoms with Crippen molar-refractivity contribution in [2.45, 2.75) is 228 Å². The predicted molar refractivity (Wildman–Crippen MR) is 480 cm³/mol. The van der Waals surface area contributed by atoms with Gasteiger partial charge in [0.1, 0.15) is 90.3 Å². The molecule has 44 heteroatoms. The van der Waals surface area contributed by atoms with Gasteiger partial charge in [-0.25, -0.2) is 4.98 Å². The summed E-state index contributed by atoms with van der Waals surface area (Å²) in [6, 6.07) is -2.29. The Morgan fingerprint density at radius 2 is 1.08 bits per heavy atom. The van der Waals surface area contributed by atoms with Crippen LogP contribution in [0.2, 0.25) is 0 Å². The molecule has 0 spiro atoms. The smallest absolute Gasteiger partial charge is 0.303 e. The number of nitrogens with one attached hydrogen (secondary N) is 13. The summed E-state index contributed by atoms with van der Waals surface area (Å²) in [4.78, 5) is 279. The van der Waals surface area contributed by atoms with Gasteiger partial charge in [0.2, 0.25) is 100 Å². The molecule has 3 fully saturated rings. The fraction of sp³-hybridized carbons (Fsp3) is 0.511. The number of carbonyl (C=O) groups excluding carboxylic acids is 17. The number of thioether (sulfide) groups is 1. The van der Waals surface area contributed by atoms with Crippen molar-refractivity contribution in [3.8, 4) is 5.75 Å². The average molecular weight is 1850 g/mol. The minimum atomic E-state index is -1.84. The number of aromatic nitrogens is 4. The third kappa shape index (κ3) is 27.8. The van der Waals surface area contributed by atoms with Crippen molar-refractivity contribution in [2.24, 2.45) is 17.2 Å². The summed E-state index contributed by atoms with van der Waals surface area (Å²) >= 11 is 0.774. The van der Waals surface area contributed by atoms with Crippen molar-refractivity contribution in [2.75, 3.05) is 58.8 Å². The molecule has 1 unspecified atom stereocenters. The number of likely N-dealkylation sites (N-methyl/N-ethyl adjacent to an activating group) is 3. The SMILES string of the molecule is CCCCC1C(=O)N(C)[C@@H](CCCC)C(=O)N[C@@H](C)C(=O)N[C@H](C(=O)NCC(N)=O)CSCC(=O)N[C@@H](Cc2ccc(O)cc2)C(=O)N(C)[C@@H](C)C(=O)N[C@@H](CC(N)=O)C(=O)N2CCC[C@H]2C(=O)N[C@@H](Cc2cnc[nH]2)C(=O)N[C@@H](CCC(=O)O)C(=O)N2C[C@H](O)C[C@H]2C(=O)N[C@@H](Cc2c[nH]c3ccccc23)C(=O)N[C@@H](CCN)C(=O)N[C@@H](Cc2c[nH]c3ccccc23)C(=O)N1C. The first-order valence-electron chi connectivity index (χ1n) is 43.9. The number of carboxylic acids is 1. The van der Waals surface area contributed by atoms with Crippen molar-refractivity contribution < 1.29 is 102 Å². The van der Waals surface area contributed by atoms with Gasteiger partial charge in [-0.3, -0.25) is 86.3 Å². The number of carboxylic acid groups (broad SMARTS) is 1. The van der Waals surface area contributed by atoms with Crippen molar-refractivity contribution in [3.63, 3.8) is 0 Å². The number of aliphatic hydroxyl groups excluding tert-OH is 1. The maximum atomic E-state index is 15.7. The van der Waals surface area contributed by atoms with Crippen LogP contribution in [0.4, 0.5) is 0 Å². The lowest BCUT2D eigenvalue weighted by atomic mass is 10.00. The lowest BCUT2D eigenvalue weighted by Gasteiger charge is -2.36. The number of aromatic amines is 3. The highest BCUT2D eigenvalue weighted by Crippen LogP contribution is 2.28. The van der Waals surface area contributed by atoms with Crippen LogP contribution in [0, 0.1) is 0 Å². The molecule has 3 aliphatic rings. The zero-order valence-corrected chi connectivity index (χ0v) is 75.5. The number of benzene rings is 3. The number of amides is 17.